The Bertz CT molecular complexity index is 404. The van der Waals surface area contributed by atoms with Gasteiger partial charge in [0, 0.05) is 24.9 Å². The normalized spacial score (nSPS) is 27.1. The second-order valence-electron chi connectivity index (χ2n) is 6.03. The lowest BCUT2D eigenvalue weighted by atomic mass is 9.94. The molecule has 1 aromatic heterocycles. The Balaban J connectivity index is 1.80. The number of rotatable bonds is 2. The van der Waals surface area contributed by atoms with Crippen molar-refractivity contribution in [1.82, 2.24) is 14.8 Å². The van der Waals surface area contributed by atoms with Crippen LogP contribution in [-0.2, 0) is 19.4 Å². The molecule has 1 aliphatic heterocycles. The Labute approximate surface area is 103 Å². The Morgan fingerprint density at radius 1 is 1.35 bits per heavy atom. The standard InChI is InChI=1S/C13H22N4/c1-10-4-7-17-11(8-10)15-16-12(17)9-13(14)5-2-3-6-13/h10H,2-9,14H2,1H3. The highest BCUT2D eigenvalue weighted by molar-refractivity contribution is 5.06. The van der Waals surface area contributed by atoms with Crippen LogP contribution in [0.3, 0.4) is 0 Å². The molecule has 0 bridgehead atoms. The van der Waals surface area contributed by atoms with Gasteiger partial charge in [0.1, 0.15) is 11.6 Å². The molecule has 0 aromatic carbocycles. The first kappa shape index (κ1) is 11.2. The summed E-state index contributed by atoms with van der Waals surface area (Å²) >= 11 is 0. The highest BCUT2D eigenvalue weighted by Crippen LogP contribution is 2.31. The molecule has 1 aliphatic carbocycles. The van der Waals surface area contributed by atoms with Crippen molar-refractivity contribution in [3.63, 3.8) is 0 Å². The number of nitrogens with zero attached hydrogens (tertiary/aromatic N) is 3. The van der Waals surface area contributed by atoms with Gasteiger partial charge in [0.25, 0.3) is 0 Å². The molecule has 2 aliphatic rings. The zero-order valence-electron chi connectivity index (χ0n) is 10.7. The van der Waals surface area contributed by atoms with Gasteiger partial charge in [-0.3, -0.25) is 0 Å². The van der Waals surface area contributed by atoms with Crippen molar-refractivity contribution >= 4 is 0 Å². The molecular formula is C13H22N4. The molecule has 1 atom stereocenters. The van der Waals surface area contributed by atoms with Crippen LogP contribution in [0, 0.1) is 5.92 Å². The van der Waals surface area contributed by atoms with Crippen LogP contribution in [0.5, 0.6) is 0 Å². The smallest absolute Gasteiger partial charge is 0.134 e. The van der Waals surface area contributed by atoms with E-state index in [9.17, 15) is 0 Å². The second-order valence-corrected chi connectivity index (χ2v) is 6.03. The van der Waals surface area contributed by atoms with E-state index in [1.807, 2.05) is 0 Å². The molecule has 1 aromatic rings. The van der Waals surface area contributed by atoms with Crippen LogP contribution in [0.15, 0.2) is 0 Å². The number of hydrogen-bond donors (Lipinski definition) is 1. The molecule has 17 heavy (non-hydrogen) atoms. The van der Waals surface area contributed by atoms with E-state index in [1.54, 1.807) is 0 Å². The predicted octanol–water partition coefficient (Wildman–Crippen LogP) is 1.67. The minimum Gasteiger partial charge on any atom is -0.325 e. The molecule has 1 saturated carbocycles. The molecule has 0 radical (unpaired) electrons. The van der Waals surface area contributed by atoms with E-state index in [2.05, 4.69) is 21.7 Å². The van der Waals surface area contributed by atoms with E-state index >= 15 is 0 Å². The lowest BCUT2D eigenvalue weighted by Gasteiger charge is -2.25. The summed E-state index contributed by atoms with van der Waals surface area (Å²) in [5.41, 5.74) is 6.42. The van der Waals surface area contributed by atoms with E-state index in [0.29, 0.717) is 0 Å². The van der Waals surface area contributed by atoms with Gasteiger partial charge in [0.2, 0.25) is 0 Å². The van der Waals surface area contributed by atoms with E-state index in [4.69, 9.17) is 5.73 Å². The number of hydrogen-bond acceptors (Lipinski definition) is 3. The Morgan fingerprint density at radius 3 is 2.88 bits per heavy atom. The molecule has 94 valence electrons. The zero-order chi connectivity index (χ0) is 11.9. The summed E-state index contributed by atoms with van der Waals surface area (Å²) < 4.78 is 2.31. The van der Waals surface area contributed by atoms with Crippen LogP contribution in [0.4, 0.5) is 0 Å². The molecule has 2 heterocycles. The molecule has 4 heteroatoms. The van der Waals surface area contributed by atoms with Crippen molar-refractivity contribution in [3.8, 4) is 0 Å². The molecule has 2 N–H and O–H groups in total. The van der Waals surface area contributed by atoms with Gasteiger partial charge in [-0.15, -0.1) is 10.2 Å². The SMILES string of the molecule is CC1CCn2c(nnc2CC2(N)CCCC2)C1. The summed E-state index contributed by atoms with van der Waals surface area (Å²) in [5.74, 6) is 3.04. The fourth-order valence-electron chi connectivity index (χ4n) is 3.25. The summed E-state index contributed by atoms with van der Waals surface area (Å²) in [6.07, 6.45) is 8.06. The summed E-state index contributed by atoms with van der Waals surface area (Å²) in [7, 11) is 0. The number of nitrogens with two attached hydrogens (primary N) is 1. The van der Waals surface area contributed by atoms with Gasteiger partial charge in [0.05, 0.1) is 0 Å². The predicted molar refractivity (Wildman–Crippen MR) is 66.6 cm³/mol. The Hall–Kier alpha value is -0.900. The van der Waals surface area contributed by atoms with E-state index in [0.717, 1.165) is 44.0 Å². The van der Waals surface area contributed by atoms with Crippen LogP contribution in [0.1, 0.15) is 50.7 Å². The highest BCUT2D eigenvalue weighted by atomic mass is 15.3. The molecule has 3 rings (SSSR count). The fraction of sp³-hybridized carbons (Fsp3) is 0.846. The molecule has 0 amide bonds. The summed E-state index contributed by atoms with van der Waals surface area (Å²) in [6.45, 7) is 3.37. The van der Waals surface area contributed by atoms with E-state index in [1.165, 1.54) is 25.1 Å². The van der Waals surface area contributed by atoms with Crippen LogP contribution in [0.25, 0.3) is 0 Å². The van der Waals surface area contributed by atoms with Gasteiger partial charge in [-0.05, 0) is 25.2 Å². The maximum atomic E-state index is 6.43. The highest BCUT2D eigenvalue weighted by Gasteiger charge is 2.32. The van der Waals surface area contributed by atoms with Crippen LogP contribution >= 0.6 is 0 Å². The molecular weight excluding hydrogens is 212 g/mol. The molecule has 1 fully saturated rings. The summed E-state index contributed by atoms with van der Waals surface area (Å²) in [5, 5.41) is 8.71. The lowest BCUT2D eigenvalue weighted by molar-refractivity contribution is 0.379. The monoisotopic (exact) mass is 234 g/mol. The lowest BCUT2D eigenvalue weighted by Crippen LogP contribution is -2.40. The van der Waals surface area contributed by atoms with Crippen molar-refractivity contribution in [2.75, 3.05) is 0 Å². The molecule has 0 saturated heterocycles. The molecule has 1 unspecified atom stereocenters. The van der Waals surface area contributed by atoms with Crippen LogP contribution in [-0.4, -0.2) is 20.3 Å². The van der Waals surface area contributed by atoms with Gasteiger partial charge in [-0.25, -0.2) is 0 Å². The van der Waals surface area contributed by atoms with Crippen molar-refractivity contribution in [1.29, 1.82) is 0 Å². The number of aromatic nitrogens is 3. The van der Waals surface area contributed by atoms with E-state index < -0.39 is 0 Å². The third-order valence-corrected chi connectivity index (χ3v) is 4.39. The third-order valence-electron chi connectivity index (χ3n) is 4.39. The second kappa shape index (κ2) is 4.09. The summed E-state index contributed by atoms with van der Waals surface area (Å²) in [4.78, 5) is 0. The van der Waals surface area contributed by atoms with E-state index in [-0.39, 0.29) is 5.54 Å². The average Bonchev–Trinajstić information content (AvgIpc) is 2.87. The first-order valence-corrected chi connectivity index (χ1v) is 6.86. The van der Waals surface area contributed by atoms with Gasteiger partial charge in [0.15, 0.2) is 0 Å². The largest absolute Gasteiger partial charge is 0.325 e. The molecule has 0 spiro atoms. The van der Waals surface area contributed by atoms with Crippen LogP contribution < -0.4 is 5.73 Å². The van der Waals surface area contributed by atoms with Crippen molar-refractivity contribution < 1.29 is 0 Å². The van der Waals surface area contributed by atoms with Gasteiger partial charge in [-0.2, -0.15) is 0 Å². The summed E-state index contributed by atoms with van der Waals surface area (Å²) in [6, 6.07) is 0. The first-order valence-electron chi connectivity index (χ1n) is 6.86. The fourth-order valence-corrected chi connectivity index (χ4v) is 3.25. The van der Waals surface area contributed by atoms with Crippen LogP contribution in [0.2, 0.25) is 0 Å². The van der Waals surface area contributed by atoms with Crippen molar-refractivity contribution in [3.05, 3.63) is 11.6 Å². The quantitative estimate of drug-likeness (QED) is 0.847. The van der Waals surface area contributed by atoms with Gasteiger partial charge < -0.3 is 10.3 Å². The number of fused-ring (bicyclic) bond motifs is 1. The minimum absolute atomic E-state index is 0.00708. The van der Waals surface area contributed by atoms with Gasteiger partial charge in [-0.1, -0.05) is 19.8 Å². The maximum Gasteiger partial charge on any atom is 0.134 e. The first-order chi connectivity index (χ1) is 8.16. The van der Waals surface area contributed by atoms with Crippen molar-refractivity contribution in [2.24, 2.45) is 11.7 Å². The third kappa shape index (κ3) is 2.10. The van der Waals surface area contributed by atoms with Crippen molar-refractivity contribution in [2.45, 2.75) is 64.0 Å². The maximum absolute atomic E-state index is 6.43. The minimum atomic E-state index is -0.00708. The Kier molecular flexibility index (Phi) is 2.69. The zero-order valence-corrected chi connectivity index (χ0v) is 10.7. The topological polar surface area (TPSA) is 56.7 Å². The Morgan fingerprint density at radius 2 is 2.12 bits per heavy atom. The average molecular weight is 234 g/mol. The molecule has 4 nitrogen and oxygen atoms in total. The van der Waals surface area contributed by atoms with Gasteiger partial charge >= 0.3 is 0 Å².